The van der Waals surface area contributed by atoms with Crippen LogP contribution in [0.2, 0.25) is 0 Å². The van der Waals surface area contributed by atoms with Gasteiger partial charge < -0.3 is 15.0 Å². The highest BCUT2D eigenvalue weighted by Crippen LogP contribution is 2.31. The van der Waals surface area contributed by atoms with E-state index in [0.29, 0.717) is 0 Å². The van der Waals surface area contributed by atoms with E-state index in [1.54, 1.807) is 0 Å². The van der Waals surface area contributed by atoms with Crippen LogP contribution in [0, 0.1) is 17.8 Å². The Morgan fingerprint density at radius 3 is 2.92 bits per heavy atom. The smallest absolute Gasteiger partial charge is 0.416 e. The molecule has 1 N–H and O–H groups in total. The lowest BCUT2D eigenvalue weighted by Crippen LogP contribution is -2.41. The van der Waals surface area contributed by atoms with E-state index < -0.39 is 11.7 Å². The lowest BCUT2D eigenvalue weighted by molar-refractivity contribution is -0.137. The number of nitrogens with one attached hydrogen (secondary N) is 1. The molecule has 1 fully saturated rings. The van der Waals surface area contributed by atoms with Crippen molar-refractivity contribution in [1.29, 1.82) is 0 Å². The number of nitrogens with zero attached hydrogens (tertiary/aromatic N) is 1. The zero-order valence-electron chi connectivity index (χ0n) is 14.0. The molecule has 0 aromatic heterocycles. The van der Waals surface area contributed by atoms with Gasteiger partial charge in [0.1, 0.15) is 12.4 Å². The van der Waals surface area contributed by atoms with Crippen molar-refractivity contribution >= 4 is 5.91 Å². The number of carbonyl (C=O) groups excluding carboxylic acids is 1. The van der Waals surface area contributed by atoms with Crippen molar-refractivity contribution in [3.63, 3.8) is 0 Å². The fourth-order valence-electron chi connectivity index (χ4n) is 2.65. The molecule has 0 saturated carbocycles. The molecule has 25 heavy (non-hydrogen) atoms. The second-order valence-corrected chi connectivity index (χ2v) is 5.99. The van der Waals surface area contributed by atoms with Crippen LogP contribution in [0.15, 0.2) is 24.3 Å². The quantitative estimate of drug-likeness (QED) is 0.845. The summed E-state index contributed by atoms with van der Waals surface area (Å²) in [7, 11) is 1.99. The molecular formula is C18H21F3N2O2. The molecule has 1 aliphatic rings. The molecule has 0 aliphatic carbocycles. The lowest BCUT2D eigenvalue weighted by Gasteiger charge is -2.28. The van der Waals surface area contributed by atoms with Gasteiger partial charge in [0.15, 0.2) is 0 Å². The molecule has 0 spiro atoms. The van der Waals surface area contributed by atoms with Gasteiger partial charge in [0, 0.05) is 6.54 Å². The normalized spacial score (nSPS) is 18.2. The third-order valence-corrected chi connectivity index (χ3v) is 3.94. The summed E-state index contributed by atoms with van der Waals surface area (Å²) in [5.74, 6) is 5.50. The van der Waals surface area contributed by atoms with E-state index in [1.807, 2.05) is 7.05 Å². The van der Waals surface area contributed by atoms with Crippen LogP contribution >= 0.6 is 0 Å². The van der Waals surface area contributed by atoms with E-state index in [4.69, 9.17) is 4.74 Å². The number of ether oxygens (including phenoxy) is 1. The van der Waals surface area contributed by atoms with Gasteiger partial charge in [-0.2, -0.15) is 13.2 Å². The summed E-state index contributed by atoms with van der Waals surface area (Å²) in [6.07, 6.45) is -2.52. The number of benzene rings is 1. The summed E-state index contributed by atoms with van der Waals surface area (Å²) < 4.78 is 42.9. The molecule has 1 amide bonds. The number of hydrogen-bond acceptors (Lipinski definition) is 3. The van der Waals surface area contributed by atoms with E-state index in [9.17, 15) is 18.0 Å². The first kappa shape index (κ1) is 19.1. The Balaban J connectivity index is 1.72. The highest BCUT2D eigenvalue weighted by Gasteiger charge is 2.30. The highest BCUT2D eigenvalue weighted by atomic mass is 19.4. The number of alkyl halides is 3. The second kappa shape index (κ2) is 8.77. The lowest BCUT2D eigenvalue weighted by atomic mass is 9.98. The first-order valence-corrected chi connectivity index (χ1v) is 8.08. The van der Waals surface area contributed by atoms with Crippen LogP contribution in [0.1, 0.15) is 18.4 Å². The van der Waals surface area contributed by atoms with Gasteiger partial charge in [-0.15, -0.1) is 0 Å². The van der Waals surface area contributed by atoms with E-state index in [0.717, 1.165) is 38.1 Å². The van der Waals surface area contributed by atoms with Crippen LogP contribution < -0.4 is 10.1 Å². The van der Waals surface area contributed by atoms with Gasteiger partial charge >= 0.3 is 6.18 Å². The average Bonchev–Trinajstić information content (AvgIpc) is 2.57. The van der Waals surface area contributed by atoms with Crippen molar-refractivity contribution in [3.05, 3.63) is 29.8 Å². The molecule has 1 saturated heterocycles. The Kier molecular flexibility index (Phi) is 6.71. The minimum atomic E-state index is -4.40. The molecule has 4 nitrogen and oxygen atoms in total. The number of piperidine rings is 1. The summed E-state index contributed by atoms with van der Waals surface area (Å²) in [4.78, 5) is 14.1. The maximum absolute atomic E-state index is 12.6. The molecule has 1 atom stereocenters. The predicted molar refractivity (Wildman–Crippen MR) is 87.9 cm³/mol. The monoisotopic (exact) mass is 354 g/mol. The van der Waals surface area contributed by atoms with Crippen LogP contribution in [-0.2, 0) is 11.0 Å². The first-order valence-electron chi connectivity index (χ1n) is 8.08. The summed E-state index contributed by atoms with van der Waals surface area (Å²) in [6.45, 7) is 1.92. The van der Waals surface area contributed by atoms with E-state index in [-0.39, 0.29) is 30.7 Å². The van der Waals surface area contributed by atoms with Crippen LogP contribution in [-0.4, -0.2) is 44.1 Å². The van der Waals surface area contributed by atoms with Gasteiger partial charge in [-0.25, -0.2) is 0 Å². The fourth-order valence-corrected chi connectivity index (χ4v) is 2.65. The number of likely N-dealkylation sites (tertiary alicyclic amines) is 1. The van der Waals surface area contributed by atoms with Crippen molar-refractivity contribution in [1.82, 2.24) is 10.2 Å². The van der Waals surface area contributed by atoms with Crippen molar-refractivity contribution < 1.29 is 22.7 Å². The van der Waals surface area contributed by atoms with Gasteiger partial charge in [-0.1, -0.05) is 17.9 Å². The zero-order valence-corrected chi connectivity index (χ0v) is 14.0. The Hall–Kier alpha value is -2.20. The SMILES string of the molecule is CN1CCC[C@H](C(=O)NCC#CCOc2cccc(C(F)(F)F)c2)C1. The molecule has 1 aliphatic heterocycles. The highest BCUT2D eigenvalue weighted by molar-refractivity contribution is 5.79. The Morgan fingerprint density at radius 2 is 2.20 bits per heavy atom. The van der Waals surface area contributed by atoms with Crippen molar-refractivity contribution in [3.8, 4) is 17.6 Å². The predicted octanol–water partition coefficient (Wildman–Crippen LogP) is 2.55. The van der Waals surface area contributed by atoms with Crippen LogP contribution in [0.3, 0.4) is 0 Å². The number of carbonyl (C=O) groups is 1. The van der Waals surface area contributed by atoms with Crippen LogP contribution in [0.4, 0.5) is 13.2 Å². The molecule has 1 heterocycles. The third kappa shape index (κ3) is 6.31. The molecule has 1 aromatic rings. The van der Waals surface area contributed by atoms with Crippen molar-refractivity contribution in [2.75, 3.05) is 33.3 Å². The average molecular weight is 354 g/mol. The molecule has 2 rings (SSSR count). The minimum Gasteiger partial charge on any atom is -0.481 e. The molecule has 7 heteroatoms. The fraction of sp³-hybridized carbons (Fsp3) is 0.500. The van der Waals surface area contributed by atoms with Crippen molar-refractivity contribution in [2.24, 2.45) is 5.92 Å². The van der Waals surface area contributed by atoms with E-state index in [1.165, 1.54) is 12.1 Å². The maximum atomic E-state index is 12.6. The van der Waals surface area contributed by atoms with E-state index in [2.05, 4.69) is 22.1 Å². The van der Waals surface area contributed by atoms with Crippen LogP contribution in [0.25, 0.3) is 0 Å². The van der Waals surface area contributed by atoms with Gasteiger partial charge in [0.05, 0.1) is 18.0 Å². The number of hydrogen-bond donors (Lipinski definition) is 1. The second-order valence-electron chi connectivity index (χ2n) is 5.99. The van der Waals surface area contributed by atoms with Gasteiger partial charge in [-0.05, 0) is 44.6 Å². The Bertz CT molecular complexity index is 650. The van der Waals surface area contributed by atoms with Gasteiger partial charge in [-0.3, -0.25) is 4.79 Å². The molecule has 136 valence electrons. The largest absolute Gasteiger partial charge is 0.481 e. The van der Waals surface area contributed by atoms with Gasteiger partial charge in [0.25, 0.3) is 0 Å². The maximum Gasteiger partial charge on any atom is 0.416 e. The minimum absolute atomic E-state index is 0.0121. The van der Waals surface area contributed by atoms with Gasteiger partial charge in [0.2, 0.25) is 5.91 Å². The number of amides is 1. The van der Waals surface area contributed by atoms with E-state index >= 15 is 0 Å². The topological polar surface area (TPSA) is 41.6 Å². The summed E-state index contributed by atoms with van der Waals surface area (Å²) in [5, 5.41) is 2.76. The number of halogens is 3. The summed E-state index contributed by atoms with van der Waals surface area (Å²) >= 11 is 0. The molecule has 1 aromatic carbocycles. The Labute approximate surface area is 145 Å². The molecular weight excluding hydrogens is 333 g/mol. The Morgan fingerprint density at radius 1 is 1.40 bits per heavy atom. The molecule has 0 unspecified atom stereocenters. The summed E-state index contributed by atoms with van der Waals surface area (Å²) in [6, 6.07) is 4.64. The standard InChI is InChI=1S/C18H21F3N2O2/c1-23-10-5-6-14(13-23)17(24)22-9-2-3-11-25-16-8-4-7-15(12-16)18(19,20)21/h4,7-8,12,14H,5-6,9-11,13H2,1H3,(H,22,24)/t14-/m0/s1. The molecule has 0 radical (unpaired) electrons. The third-order valence-electron chi connectivity index (χ3n) is 3.94. The number of rotatable bonds is 4. The van der Waals surface area contributed by atoms with Crippen LogP contribution in [0.5, 0.6) is 5.75 Å². The zero-order chi connectivity index (χ0) is 18.3. The molecule has 0 bridgehead atoms. The first-order chi connectivity index (χ1) is 11.9. The van der Waals surface area contributed by atoms with Crippen molar-refractivity contribution in [2.45, 2.75) is 19.0 Å². The summed E-state index contributed by atoms with van der Waals surface area (Å²) in [5.41, 5.74) is -0.761.